The zero-order valence-electron chi connectivity index (χ0n) is 9.35. The van der Waals surface area contributed by atoms with E-state index < -0.39 is 9.84 Å². The van der Waals surface area contributed by atoms with E-state index in [4.69, 9.17) is 4.74 Å². The van der Waals surface area contributed by atoms with Crippen molar-refractivity contribution in [3.8, 4) is 5.75 Å². The molecule has 0 aliphatic rings. The Balaban J connectivity index is 2.60. The molecule has 94 valence electrons. The highest BCUT2D eigenvalue weighted by Crippen LogP contribution is 2.27. The van der Waals surface area contributed by atoms with Gasteiger partial charge in [-0.15, -0.1) is 0 Å². The average molecular weight is 321 g/mol. The number of carbonyl (C=O) groups is 1. The second-order valence-electron chi connectivity index (χ2n) is 3.61. The number of para-hydroxylation sites is 1. The number of hydrogen-bond acceptors (Lipinski definition) is 4. The fraction of sp³-hybridized carbons (Fsp3) is 0.364. The first kappa shape index (κ1) is 14.2. The van der Waals surface area contributed by atoms with Gasteiger partial charge in [-0.3, -0.25) is 4.79 Å². The molecule has 0 N–H and O–H groups in total. The Hall–Kier alpha value is -0.880. The van der Waals surface area contributed by atoms with Crippen LogP contribution in [0, 0.1) is 0 Å². The Kier molecular flexibility index (Phi) is 5.14. The van der Waals surface area contributed by atoms with Crippen molar-refractivity contribution < 1.29 is 17.9 Å². The molecule has 6 heteroatoms. The van der Waals surface area contributed by atoms with Gasteiger partial charge in [0.05, 0.1) is 22.4 Å². The van der Waals surface area contributed by atoms with Gasteiger partial charge in [0.2, 0.25) is 0 Å². The molecule has 0 aromatic heterocycles. The highest BCUT2D eigenvalue weighted by molar-refractivity contribution is 9.10. The van der Waals surface area contributed by atoms with Crippen LogP contribution in [0.25, 0.3) is 0 Å². The largest absolute Gasteiger partial charge is 0.492 e. The first-order chi connectivity index (χ1) is 7.94. The van der Waals surface area contributed by atoms with E-state index in [0.717, 1.165) is 0 Å². The molecule has 0 aliphatic carbocycles. The van der Waals surface area contributed by atoms with Gasteiger partial charge in [-0.1, -0.05) is 6.07 Å². The van der Waals surface area contributed by atoms with E-state index in [-0.39, 0.29) is 12.4 Å². The molecular formula is C11H13BrO4S. The SMILES string of the molecule is CS(=O)(=O)CCCOc1c(Br)cccc1C=O. The standard InChI is InChI=1S/C11H13BrO4S/c1-17(14,15)7-3-6-16-11-9(8-13)4-2-5-10(11)12/h2,4-5,8H,3,6-7H2,1H3. The molecule has 0 saturated carbocycles. The van der Waals surface area contributed by atoms with Gasteiger partial charge >= 0.3 is 0 Å². The Morgan fingerprint density at radius 3 is 2.71 bits per heavy atom. The summed E-state index contributed by atoms with van der Waals surface area (Å²) in [6.07, 6.45) is 2.29. The van der Waals surface area contributed by atoms with Crippen molar-refractivity contribution >= 4 is 32.1 Å². The van der Waals surface area contributed by atoms with Gasteiger partial charge in [-0.05, 0) is 34.5 Å². The van der Waals surface area contributed by atoms with Crippen molar-refractivity contribution in [3.05, 3.63) is 28.2 Å². The zero-order valence-corrected chi connectivity index (χ0v) is 11.8. The number of benzene rings is 1. The fourth-order valence-electron chi connectivity index (χ4n) is 1.27. The highest BCUT2D eigenvalue weighted by Gasteiger charge is 2.08. The summed E-state index contributed by atoms with van der Waals surface area (Å²) in [6, 6.07) is 5.14. The molecule has 0 amide bonds. The number of hydrogen-bond donors (Lipinski definition) is 0. The smallest absolute Gasteiger partial charge is 0.153 e. The van der Waals surface area contributed by atoms with Crippen LogP contribution in [0.5, 0.6) is 5.75 Å². The van der Waals surface area contributed by atoms with Gasteiger partial charge in [0.15, 0.2) is 6.29 Å². The van der Waals surface area contributed by atoms with E-state index in [2.05, 4.69) is 15.9 Å². The van der Waals surface area contributed by atoms with Crippen molar-refractivity contribution in [2.45, 2.75) is 6.42 Å². The van der Waals surface area contributed by atoms with Gasteiger partial charge < -0.3 is 4.74 Å². The maximum Gasteiger partial charge on any atom is 0.153 e. The van der Waals surface area contributed by atoms with Gasteiger partial charge in [-0.25, -0.2) is 8.42 Å². The van der Waals surface area contributed by atoms with E-state index in [1.165, 1.54) is 6.26 Å². The number of rotatable bonds is 6. The van der Waals surface area contributed by atoms with Gasteiger partial charge in [0, 0.05) is 6.26 Å². The molecule has 0 heterocycles. The number of carbonyl (C=O) groups excluding carboxylic acids is 1. The number of ether oxygens (including phenoxy) is 1. The van der Waals surface area contributed by atoms with Crippen molar-refractivity contribution in [3.63, 3.8) is 0 Å². The summed E-state index contributed by atoms with van der Waals surface area (Å²) in [5.74, 6) is 0.532. The van der Waals surface area contributed by atoms with Crippen LogP contribution in [0.15, 0.2) is 22.7 Å². The molecule has 0 atom stereocenters. The molecule has 1 aromatic carbocycles. The third-order valence-electron chi connectivity index (χ3n) is 2.03. The summed E-state index contributed by atoms with van der Waals surface area (Å²) < 4.78 is 27.9. The van der Waals surface area contributed by atoms with Crippen LogP contribution in [-0.2, 0) is 9.84 Å². The van der Waals surface area contributed by atoms with Crippen LogP contribution >= 0.6 is 15.9 Å². The Morgan fingerprint density at radius 2 is 2.12 bits per heavy atom. The highest BCUT2D eigenvalue weighted by atomic mass is 79.9. The fourth-order valence-corrected chi connectivity index (χ4v) is 2.40. The maximum atomic E-state index is 10.9. The summed E-state index contributed by atoms with van der Waals surface area (Å²) in [4.78, 5) is 10.8. The topological polar surface area (TPSA) is 60.4 Å². The van der Waals surface area contributed by atoms with Crippen molar-refractivity contribution in [1.82, 2.24) is 0 Å². The van der Waals surface area contributed by atoms with E-state index in [1.807, 2.05) is 0 Å². The van der Waals surface area contributed by atoms with Gasteiger partial charge in [-0.2, -0.15) is 0 Å². The predicted molar refractivity (Wildman–Crippen MR) is 69.4 cm³/mol. The molecule has 0 fully saturated rings. The third kappa shape index (κ3) is 4.87. The van der Waals surface area contributed by atoms with Crippen molar-refractivity contribution in [2.24, 2.45) is 0 Å². The van der Waals surface area contributed by atoms with E-state index in [0.29, 0.717) is 28.5 Å². The second-order valence-corrected chi connectivity index (χ2v) is 6.72. The number of sulfone groups is 1. The third-order valence-corrected chi connectivity index (χ3v) is 3.68. The minimum atomic E-state index is -2.97. The lowest BCUT2D eigenvalue weighted by molar-refractivity contribution is 0.111. The van der Waals surface area contributed by atoms with Crippen LogP contribution < -0.4 is 4.74 Å². The summed E-state index contributed by atoms with van der Waals surface area (Å²) in [6.45, 7) is 0.260. The summed E-state index contributed by atoms with van der Waals surface area (Å²) in [7, 11) is -2.97. The van der Waals surface area contributed by atoms with Crippen molar-refractivity contribution in [2.75, 3.05) is 18.6 Å². The summed E-state index contributed by atoms with van der Waals surface area (Å²) in [5.41, 5.74) is 0.443. The lowest BCUT2D eigenvalue weighted by atomic mass is 10.2. The Labute approximate surface area is 109 Å². The molecule has 1 aromatic rings. The molecule has 0 bridgehead atoms. The molecule has 17 heavy (non-hydrogen) atoms. The first-order valence-corrected chi connectivity index (χ1v) is 7.83. The van der Waals surface area contributed by atoms with Crippen LogP contribution in [-0.4, -0.2) is 33.3 Å². The lowest BCUT2D eigenvalue weighted by Crippen LogP contribution is -2.08. The van der Waals surface area contributed by atoms with Gasteiger partial charge in [0.1, 0.15) is 15.6 Å². The van der Waals surface area contributed by atoms with Crippen molar-refractivity contribution in [1.29, 1.82) is 0 Å². The van der Waals surface area contributed by atoms with Gasteiger partial charge in [0.25, 0.3) is 0 Å². The molecule has 0 saturated heterocycles. The molecule has 0 aliphatic heterocycles. The summed E-state index contributed by atoms with van der Waals surface area (Å²) >= 11 is 3.28. The second kappa shape index (κ2) is 6.16. The van der Waals surface area contributed by atoms with E-state index in [9.17, 15) is 13.2 Å². The average Bonchev–Trinajstić information content (AvgIpc) is 2.24. The first-order valence-electron chi connectivity index (χ1n) is 4.98. The van der Waals surface area contributed by atoms with Crippen LogP contribution in [0.4, 0.5) is 0 Å². The quantitative estimate of drug-likeness (QED) is 0.594. The summed E-state index contributed by atoms with van der Waals surface area (Å²) in [5, 5.41) is 0. The van der Waals surface area contributed by atoms with Crippen LogP contribution in [0.1, 0.15) is 16.8 Å². The monoisotopic (exact) mass is 320 g/mol. The minimum absolute atomic E-state index is 0.0773. The number of aldehydes is 1. The molecule has 1 rings (SSSR count). The maximum absolute atomic E-state index is 10.9. The molecule has 0 radical (unpaired) electrons. The lowest BCUT2D eigenvalue weighted by Gasteiger charge is -2.09. The molecule has 0 unspecified atom stereocenters. The Bertz CT molecular complexity index is 496. The number of halogens is 1. The normalized spacial score (nSPS) is 11.2. The minimum Gasteiger partial charge on any atom is -0.492 e. The molecular weight excluding hydrogens is 308 g/mol. The van der Waals surface area contributed by atoms with E-state index >= 15 is 0 Å². The Morgan fingerprint density at radius 1 is 1.41 bits per heavy atom. The zero-order chi connectivity index (χ0) is 12.9. The van der Waals surface area contributed by atoms with E-state index in [1.54, 1.807) is 18.2 Å². The van der Waals surface area contributed by atoms with Crippen LogP contribution in [0.3, 0.4) is 0 Å². The molecule has 4 nitrogen and oxygen atoms in total. The molecule has 0 spiro atoms. The predicted octanol–water partition coefficient (Wildman–Crippen LogP) is 2.08. The van der Waals surface area contributed by atoms with Crippen LogP contribution in [0.2, 0.25) is 0 Å².